The van der Waals surface area contributed by atoms with Crippen LogP contribution >= 0.6 is 0 Å². The summed E-state index contributed by atoms with van der Waals surface area (Å²) in [7, 11) is 0. The molecule has 0 unspecified atom stereocenters. The van der Waals surface area contributed by atoms with Crippen LogP contribution in [-0.2, 0) is 0 Å². The molecule has 0 aliphatic heterocycles. The van der Waals surface area contributed by atoms with Gasteiger partial charge >= 0.3 is 0 Å². The molecule has 3 rings (SSSR count). The summed E-state index contributed by atoms with van der Waals surface area (Å²) in [6.07, 6.45) is 1.97. The molecule has 3 N–H and O–H groups in total. The second-order valence-electron chi connectivity index (χ2n) is 4.22. The Balaban J connectivity index is 2.09. The van der Waals surface area contributed by atoms with Crippen LogP contribution in [0.25, 0.3) is 22.4 Å². The van der Waals surface area contributed by atoms with Crippen LogP contribution in [0.5, 0.6) is 0 Å². The summed E-state index contributed by atoms with van der Waals surface area (Å²) in [5.74, 6) is 0. The second kappa shape index (κ2) is 4.41. The first kappa shape index (κ1) is 10.7. The molecule has 88 valence electrons. The number of anilines is 1. The summed E-state index contributed by atoms with van der Waals surface area (Å²) in [4.78, 5) is 3.26. The number of nitrogens with one attached hydrogen (secondary N) is 1. The average molecular weight is 234 g/mol. The SMILES string of the molecule is Nc1c(-c2ccccc2)c[nH]c1-c1ccccc1. The Labute approximate surface area is 106 Å². The molecule has 0 saturated carbocycles. The molecule has 1 heterocycles. The predicted molar refractivity (Wildman–Crippen MR) is 76.1 cm³/mol. The Bertz CT molecular complexity index is 582. The zero-order valence-electron chi connectivity index (χ0n) is 9.93. The fourth-order valence-corrected chi connectivity index (χ4v) is 2.13. The molecule has 2 aromatic carbocycles. The van der Waals surface area contributed by atoms with Crippen molar-refractivity contribution in [3.05, 3.63) is 66.9 Å². The van der Waals surface area contributed by atoms with Crippen molar-refractivity contribution in [1.82, 2.24) is 4.98 Å². The van der Waals surface area contributed by atoms with Gasteiger partial charge in [-0.25, -0.2) is 0 Å². The molecule has 18 heavy (non-hydrogen) atoms. The Morgan fingerprint density at radius 3 is 1.89 bits per heavy atom. The van der Waals surface area contributed by atoms with E-state index < -0.39 is 0 Å². The maximum absolute atomic E-state index is 6.24. The maximum Gasteiger partial charge on any atom is 0.0694 e. The Kier molecular flexibility index (Phi) is 2.61. The Morgan fingerprint density at radius 1 is 0.722 bits per heavy atom. The van der Waals surface area contributed by atoms with Crippen molar-refractivity contribution in [2.75, 3.05) is 5.73 Å². The summed E-state index contributed by atoms with van der Waals surface area (Å²) in [5.41, 5.74) is 11.3. The van der Waals surface area contributed by atoms with E-state index in [0.29, 0.717) is 0 Å². The molecule has 0 spiro atoms. The number of rotatable bonds is 2. The first-order chi connectivity index (χ1) is 8.86. The van der Waals surface area contributed by atoms with Crippen molar-refractivity contribution in [3.8, 4) is 22.4 Å². The van der Waals surface area contributed by atoms with Crippen LogP contribution in [0.4, 0.5) is 5.69 Å². The van der Waals surface area contributed by atoms with Gasteiger partial charge in [0.1, 0.15) is 0 Å². The van der Waals surface area contributed by atoms with Gasteiger partial charge in [-0.05, 0) is 5.56 Å². The van der Waals surface area contributed by atoms with Crippen molar-refractivity contribution >= 4 is 5.69 Å². The lowest BCUT2D eigenvalue weighted by molar-refractivity contribution is 1.40. The summed E-state index contributed by atoms with van der Waals surface area (Å²) < 4.78 is 0. The topological polar surface area (TPSA) is 41.8 Å². The highest BCUT2D eigenvalue weighted by Crippen LogP contribution is 2.33. The molecule has 2 nitrogen and oxygen atoms in total. The van der Waals surface area contributed by atoms with E-state index in [-0.39, 0.29) is 0 Å². The quantitative estimate of drug-likeness (QED) is 0.693. The van der Waals surface area contributed by atoms with Crippen LogP contribution in [0.15, 0.2) is 66.9 Å². The van der Waals surface area contributed by atoms with Crippen molar-refractivity contribution in [2.24, 2.45) is 0 Å². The minimum absolute atomic E-state index is 0.799. The molecule has 0 amide bonds. The van der Waals surface area contributed by atoms with E-state index in [0.717, 1.165) is 28.1 Å². The van der Waals surface area contributed by atoms with Crippen LogP contribution < -0.4 is 5.73 Å². The monoisotopic (exact) mass is 234 g/mol. The molecule has 0 radical (unpaired) electrons. The van der Waals surface area contributed by atoms with Gasteiger partial charge < -0.3 is 10.7 Å². The number of hydrogen-bond acceptors (Lipinski definition) is 1. The van der Waals surface area contributed by atoms with E-state index in [4.69, 9.17) is 5.73 Å². The van der Waals surface area contributed by atoms with Crippen molar-refractivity contribution in [3.63, 3.8) is 0 Å². The van der Waals surface area contributed by atoms with Gasteiger partial charge in [-0.2, -0.15) is 0 Å². The first-order valence-electron chi connectivity index (χ1n) is 5.94. The molecule has 0 fully saturated rings. The summed E-state index contributed by atoms with van der Waals surface area (Å²) >= 11 is 0. The number of nitrogen functional groups attached to an aromatic ring is 1. The van der Waals surface area contributed by atoms with E-state index in [2.05, 4.69) is 29.2 Å². The largest absolute Gasteiger partial charge is 0.396 e. The minimum Gasteiger partial charge on any atom is -0.396 e. The molecular formula is C16H14N2. The lowest BCUT2D eigenvalue weighted by Crippen LogP contribution is -1.89. The summed E-state index contributed by atoms with van der Waals surface area (Å²) in [6, 6.07) is 20.3. The highest BCUT2D eigenvalue weighted by molar-refractivity contribution is 5.87. The van der Waals surface area contributed by atoms with Crippen molar-refractivity contribution in [1.29, 1.82) is 0 Å². The summed E-state index contributed by atoms with van der Waals surface area (Å²) in [5, 5.41) is 0. The predicted octanol–water partition coefficient (Wildman–Crippen LogP) is 3.93. The molecule has 0 bridgehead atoms. The van der Waals surface area contributed by atoms with Crippen molar-refractivity contribution in [2.45, 2.75) is 0 Å². The number of benzene rings is 2. The minimum atomic E-state index is 0.799. The average Bonchev–Trinajstić information content (AvgIpc) is 2.83. The van der Waals surface area contributed by atoms with Gasteiger partial charge in [-0.1, -0.05) is 60.7 Å². The molecule has 0 aliphatic rings. The van der Waals surface area contributed by atoms with Gasteiger partial charge in [0, 0.05) is 17.3 Å². The molecule has 3 aromatic rings. The third-order valence-corrected chi connectivity index (χ3v) is 3.07. The van der Waals surface area contributed by atoms with Gasteiger partial charge in [0.25, 0.3) is 0 Å². The van der Waals surface area contributed by atoms with Gasteiger partial charge in [0.15, 0.2) is 0 Å². The van der Waals surface area contributed by atoms with Crippen LogP contribution in [0.1, 0.15) is 0 Å². The molecule has 2 heteroatoms. The Hall–Kier alpha value is -2.48. The molecule has 0 aliphatic carbocycles. The van der Waals surface area contributed by atoms with E-state index in [1.807, 2.05) is 42.6 Å². The van der Waals surface area contributed by atoms with E-state index in [1.54, 1.807) is 0 Å². The number of H-pyrrole nitrogens is 1. The van der Waals surface area contributed by atoms with Gasteiger partial charge in [0.05, 0.1) is 11.4 Å². The molecule has 1 aromatic heterocycles. The maximum atomic E-state index is 6.24. The fourth-order valence-electron chi connectivity index (χ4n) is 2.13. The van der Waals surface area contributed by atoms with Crippen LogP contribution in [0.3, 0.4) is 0 Å². The van der Waals surface area contributed by atoms with E-state index in [1.165, 1.54) is 0 Å². The van der Waals surface area contributed by atoms with Crippen molar-refractivity contribution < 1.29 is 0 Å². The first-order valence-corrected chi connectivity index (χ1v) is 5.94. The van der Waals surface area contributed by atoms with Gasteiger partial charge in [-0.15, -0.1) is 0 Å². The van der Waals surface area contributed by atoms with Gasteiger partial charge in [0.2, 0.25) is 0 Å². The number of nitrogens with two attached hydrogens (primary N) is 1. The normalized spacial score (nSPS) is 10.4. The number of aromatic nitrogens is 1. The highest BCUT2D eigenvalue weighted by atomic mass is 14.8. The third-order valence-electron chi connectivity index (χ3n) is 3.07. The van der Waals surface area contributed by atoms with E-state index >= 15 is 0 Å². The van der Waals surface area contributed by atoms with Gasteiger partial charge in [-0.3, -0.25) is 0 Å². The van der Waals surface area contributed by atoms with Crippen LogP contribution in [-0.4, -0.2) is 4.98 Å². The lowest BCUT2D eigenvalue weighted by atomic mass is 10.1. The lowest BCUT2D eigenvalue weighted by Gasteiger charge is -2.02. The fraction of sp³-hybridized carbons (Fsp3) is 0. The number of hydrogen-bond donors (Lipinski definition) is 2. The zero-order valence-corrected chi connectivity index (χ0v) is 9.93. The zero-order chi connectivity index (χ0) is 12.4. The van der Waals surface area contributed by atoms with Crippen LogP contribution in [0, 0.1) is 0 Å². The molecule has 0 atom stereocenters. The second-order valence-corrected chi connectivity index (χ2v) is 4.22. The smallest absolute Gasteiger partial charge is 0.0694 e. The van der Waals surface area contributed by atoms with Crippen LogP contribution in [0.2, 0.25) is 0 Å². The summed E-state index contributed by atoms with van der Waals surface area (Å²) in [6.45, 7) is 0. The Morgan fingerprint density at radius 2 is 1.28 bits per heavy atom. The number of aromatic amines is 1. The highest BCUT2D eigenvalue weighted by Gasteiger charge is 2.10. The third kappa shape index (κ3) is 1.78. The molecular weight excluding hydrogens is 220 g/mol. The van der Waals surface area contributed by atoms with E-state index in [9.17, 15) is 0 Å². The molecule has 0 saturated heterocycles. The standard InChI is InChI=1S/C16H14N2/c17-15-14(12-7-3-1-4-8-12)11-18-16(15)13-9-5-2-6-10-13/h1-11,18H,17H2.